The Balaban J connectivity index is 1.70. The van der Waals surface area contributed by atoms with E-state index < -0.39 is 6.04 Å². The van der Waals surface area contributed by atoms with Crippen LogP contribution in [0.25, 0.3) is 0 Å². The van der Waals surface area contributed by atoms with Crippen LogP contribution in [0.3, 0.4) is 0 Å². The quantitative estimate of drug-likeness (QED) is 0.764. The molecule has 2 aromatic rings. The summed E-state index contributed by atoms with van der Waals surface area (Å²) < 4.78 is 0. The van der Waals surface area contributed by atoms with Crippen LogP contribution in [0.1, 0.15) is 48.2 Å². The van der Waals surface area contributed by atoms with Crippen molar-refractivity contribution >= 4 is 29.1 Å². The molecular weight excluding hydrogens is 378 g/mol. The predicted octanol–water partition coefficient (Wildman–Crippen LogP) is 3.82. The van der Waals surface area contributed by atoms with Gasteiger partial charge >= 0.3 is 0 Å². The van der Waals surface area contributed by atoms with Gasteiger partial charge in [0.25, 0.3) is 5.91 Å². The van der Waals surface area contributed by atoms with Crippen molar-refractivity contribution in [2.45, 2.75) is 46.6 Å². The number of aryl methyl sites for hydroxylation is 2. The lowest BCUT2D eigenvalue weighted by Crippen LogP contribution is -2.47. The van der Waals surface area contributed by atoms with Crippen molar-refractivity contribution in [2.24, 2.45) is 5.92 Å². The molecular formula is C24H29N3O3. The zero-order chi connectivity index (χ0) is 21.8. The third kappa shape index (κ3) is 4.87. The summed E-state index contributed by atoms with van der Waals surface area (Å²) in [7, 11) is 0. The van der Waals surface area contributed by atoms with Gasteiger partial charge in [-0.1, -0.05) is 31.5 Å². The van der Waals surface area contributed by atoms with Crippen molar-refractivity contribution < 1.29 is 14.4 Å². The van der Waals surface area contributed by atoms with E-state index in [4.69, 9.17) is 0 Å². The molecule has 3 amide bonds. The Hall–Kier alpha value is -3.15. The van der Waals surface area contributed by atoms with Crippen molar-refractivity contribution in [1.29, 1.82) is 0 Å². The van der Waals surface area contributed by atoms with E-state index in [-0.39, 0.29) is 23.6 Å². The molecule has 2 aromatic carbocycles. The summed E-state index contributed by atoms with van der Waals surface area (Å²) in [5.41, 5.74) is 4.04. The number of nitrogens with zero attached hydrogens (tertiary/aromatic N) is 1. The molecule has 1 atom stereocenters. The molecule has 1 aliphatic rings. The van der Waals surface area contributed by atoms with Crippen LogP contribution >= 0.6 is 0 Å². The first kappa shape index (κ1) is 21.6. The predicted molar refractivity (Wildman–Crippen MR) is 119 cm³/mol. The van der Waals surface area contributed by atoms with Gasteiger partial charge in [-0.25, -0.2) is 0 Å². The largest absolute Gasteiger partial charge is 0.340 e. The summed E-state index contributed by atoms with van der Waals surface area (Å²) in [4.78, 5) is 39.3. The van der Waals surface area contributed by atoms with Crippen LogP contribution in [0.5, 0.6) is 0 Å². The molecule has 0 radical (unpaired) electrons. The fraction of sp³-hybridized carbons (Fsp3) is 0.375. The molecule has 0 spiro atoms. The van der Waals surface area contributed by atoms with Gasteiger partial charge in [0.2, 0.25) is 11.8 Å². The van der Waals surface area contributed by atoms with Gasteiger partial charge in [0.05, 0.1) is 0 Å². The smallest absolute Gasteiger partial charge is 0.251 e. The molecule has 0 unspecified atom stereocenters. The second-order valence-corrected chi connectivity index (χ2v) is 8.20. The Kier molecular flexibility index (Phi) is 6.55. The van der Waals surface area contributed by atoms with Gasteiger partial charge in [-0.15, -0.1) is 0 Å². The molecule has 0 aromatic heterocycles. The van der Waals surface area contributed by atoms with Crippen LogP contribution in [-0.4, -0.2) is 30.3 Å². The highest BCUT2D eigenvalue weighted by Crippen LogP contribution is 2.27. The number of rotatable bonds is 6. The Morgan fingerprint density at radius 3 is 2.30 bits per heavy atom. The number of nitrogens with one attached hydrogen (secondary N) is 2. The zero-order valence-electron chi connectivity index (χ0n) is 18.0. The third-order valence-corrected chi connectivity index (χ3v) is 5.38. The Labute approximate surface area is 177 Å². The SMILES string of the molecule is Cc1ccc(C(=O)N[C@@H](C(=O)Nc2ccc(N3CCCC3=O)c(C)c2)C(C)C)cc1. The van der Waals surface area contributed by atoms with Gasteiger partial charge in [0, 0.05) is 29.9 Å². The minimum absolute atomic E-state index is 0.0815. The lowest BCUT2D eigenvalue weighted by Gasteiger charge is -2.23. The Morgan fingerprint density at radius 1 is 1.03 bits per heavy atom. The number of anilines is 2. The van der Waals surface area contributed by atoms with E-state index >= 15 is 0 Å². The van der Waals surface area contributed by atoms with Crippen LogP contribution in [0.2, 0.25) is 0 Å². The van der Waals surface area contributed by atoms with Crippen molar-refractivity contribution in [3.05, 3.63) is 59.2 Å². The number of hydrogen-bond acceptors (Lipinski definition) is 3. The van der Waals surface area contributed by atoms with E-state index in [1.807, 2.05) is 52.0 Å². The number of hydrogen-bond donors (Lipinski definition) is 2. The summed E-state index contributed by atoms with van der Waals surface area (Å²) in [5.74, 6) is -0.492. The summed E-state index contributed by atoms with van der Waals surface area (Å²) in [6.45, 7) is 8.40. The van der Waals surface area contributed by atoms with E-state index in [0.717, 1.165) is 29.8 Å². The lowest BCUT2D eigenvalue weighted by atomic mass is 10.0. The molecule has 1 fully saturated rings. The number of carbonyl (C=O) groups excluding carboxylic acids is 3. The maximum absolute atomic E-state index is 12.9. The van der Waals surface area contributed by atoms with Gasteiger partial charge in [0.15, 0.2) is 0 Å². The summed E-state index contributed by atoms with van der Waals surface area (Å²) in [6.07, 6.45) is 1.45. The van der Waals surface area contributed by atoms with E-state index in [1.165, 1.54) is 0 Å². The highest BCUT2D eigenvalue weighted by molar-refractivity contribution is 6.02. The highest BCUT2D eigenvalue weighted by Gasteiger charge is 2.26. The molecule has 1 aliphatic heterocycles. The number of carbonyl (C=O) groups is 3. The van der Waals surface area contributed by atoms with Crippen molar-refractivity contribution in [1.82, 2.24) is 5.32 Å². The Morgan fingerprint density at radius 2 is 1.73 bits per heavy atom. The number of benzene rings is 2. The fourth-order valence-corrected chi connectivity index (χ4v) is 3.62. The molecule has 1 saturated heterocycles. The molecule has 6 nitrogen and oxygen atoms in total. The van der Waals surface area contributed by atoms with Gasteiger partial charge in [-0.05, 0) is 62.1 Å². The molecule has 2 N–H and O–H groups in total. The molecule has 6 heteroatoms. The normalized spacial score (nSPS) is 14.7. The highest BCUT2D eigenvalue weighted by atomic mass is 16.2. The van der Waals surface area contributed by atoms with Crippen molar-refractivity contribution in [2.75, 3.05) is 16.8 Å². The van der Waals surface area contributed by atoms with E-state index in [1.54, 1.807) is 23.1 Å². The summed E-state index contributed by atoms with van der Waals surface area (Å²) in [5, 5.41) is 5.75. The van der Waals surface area contributed by atoms with Crippen molar-refractivity contribution in [3.8, 4) is 0 Å². The molecule has 30 heavy (non-hydrogen) atoms. The molecule has 158 valence electrons. The summed E-state index contributed by atoms with van der Waals surface area (Å²) >= 11 is 0. The molecule has 0 saturated carbocycles. The topological polar surface area (TPSA) is 78.5 Å². The molecule has 3 rings (SSSR count). The number of amides is 3. The third-order valence-electron chi connectivity index (χ3n) is 5.38. The van der Waals surface area contributed by atoms with E-state index in [0.29, 0.717) is 17.7 Å². The van der Waals surface area contributed by atoms with Gasteiger partial charge in [-0.2, -0.15) is 0 Å². The monoisotopic (exact) mass is 407 g/mol. The Bertz CT molecular complexity index is 951. The maximum atomic E-state index is 12.9. The fourth-order valence-electron chi connectivity index (χ4n) is 3.62. The standard InChI is InChI=1S/C24H29N3O3/c1-15(2)22(26-23(29)18-9-7-16(3)8-10-18)24(30)25-19-11-12-20(17(4)14-19)27-13-5-6-21(27)28/h7-12,14-15,22H,5-6,13H2,1-4H3,(H,25,30)(H,26,29)/t22-/m1/s1. The van der Waals surface area contributed by atoms with Crippen molar-refractivity contribution in [3.63, 3.8) is 0 Å². The second kappa shape index (κ2) is 9.11. The average molecular weight is 408 g/mol. The average Bonchev–Trinajstić information content (AvgIpc) is 3.12. The van der Waals surface area contributed by atoms with Crippen LogP contribution in [0.4, 0.5) is 11.4 Å². The van der Waals surface area contributed by atoms with E-state index in [2.05, 4.69) is 10.6 Å². The second-order valence-electron chi connectivity index (χ2n) is 8.20. The maximum Gasteiger partial charge on any atom is 0.251 e. The molecule has 1 heterocycles. The van der Waals surface area contributed by atoms with Crippen LogP contribution in [-0.2, 0) is 9.59 Å². The zero-order valence-corrected chi connectivity index (χ0v) is 18.0. The lowest BCUT2D eigenvalue weighted by molar-refractivity contribution is -0.119. The minimum atomic E-state index is -0.668. The van der Waals surface area contributed by atoms with Crippen LogP contribution in [0.15, 0.2) is 42.5 Å². The molecule has 0 bridgehead atoms. The van der Waals surface area contributed by atoms with Crippen LogP contribution in [0, 0.1) is 19.8 Å². The first-order valence-electron chi connectivity index (χ1n) is 10.4. The van der Waals surface area contributed by atoms with Crippen LogP contribution < -0.4 is 15.5 Å². The summed E-state index contributed by atoms with van der Waals surface area (Å²) in [6, 6.07) is 12.1. The van der Waals surface area contributed by atoms with E-state index in [9.17, 15) is 14.4 Å². The van der Waals surface area contributed by atoms with Gasteiger partial charge in [0.1, 0.15) is 6.04 Å². The first-order chi connectivity index (χ1) is 14.3. The minimum Gasteiger partial charge on any atom is -0.340 e. The molecule has 0 aliphatic carbocycles. The first-order valence-corrected chi connectivity index (χ1v) is 10.4. The van der Waals surface area contributed by atoms with Gasteiger partial charge in [-0.3, -0.25) is 14.4 Å². The van der Waals surface area contributed by atoms with Gasteiger partial charge < -0.3 is 15.5 Å².